The number of hydrogen-bond acceptors (Lipinski definition) is 8. The average Bonchev–Trinajstić information content (AvgIpc) is 3.38. The average molecular weight is 541 g/mol. The molecule has 2 N–H and O–H groups in total. The van der Waals surface area contributed by atoms with Crippen LogP contribution in [0.3, 0.4) is 0 Å². The minimum atomic E-state index is -0.550. The van der Waals surface area contributed by atoms with E-state index in [-0.39, 0.29) is 18.7 Å². The van der Waals surface area contributed by atoms with Crippen molar-refractivity contribution in [3.05, 3.63) is 69.7 Å². The quantitative estimate of drug-likeness (QED) is 0.420. The van der Waals surface area contributed by atoms with Gasteiger partial charge in [-0.1, -0.05) is 47.2 Å². The number of nitrogens with zero attached hydrogens (tertiary/aromatic N) is 2. The Balaban J connectivity index is 1.17. The van der Waals surface area contributed by atoms with Gasteiger partial charge in [0.05, 0.1) is 24.7 Å². The number of carbonyl (C=O) groups excluding carboxylic acids is 1. The number of halogens is 1. The van der Waals surface area contributed by atoms with Crippen LogP contribution in [0.1, 0.15) is 34.9 Å². The van der Waals surface area contributed by atoms with Crippen molar-refractivity contribution in [1.29, 1.82) is 0 Å². The van der Waals surface area contributed by atoms with Gasteiger partial charge < -0.3 is 24.8 Å². The lowest BCUT2D eigenvalue weighted by atomic mass is 9.94. The highest BCUT2D eigenvalue weighted by molar-refractivity contribution is 7.15. The van der Waals surface area contributed by atoms with Gasteiger partial charge in [-0.25, -0.2) is 4.98 Å². The third-order valence-corrected chi connectivity index (χ3v) is 8.56. The number of amides is 1. The summed E-state index contributed by atoms with van der Waals surface area (Å²) in [7, 11) is 0. The Hall–Kier alpha value is -2.69. The van der Waals surface area contributed by atoms with Gasteiger partial charge in [0.1, 0.15) is 0 Å². The Kier molecular flexibility index (Phi) is 7.05. The number of benzene rings is 2. The molecule has 1 saturated heterocycles. The molecule has 0 spiro atoms. The van der Waals surface area contributed by atoms with Crippen LogP contribution >= 0.6 is 22.9 Å². The molecule has 1 aromatic heterocycles. The minimum Gasteiger partial charge on any atom is -0.454 e. The van der Waals surface area contributed by atoms with Crippen LogP contribution in [-0.4, -0.2) is 62.0 Å². The maximum Gasteiger partial charge on any atom is 0.236 e. The summed E-state index contributed by atoms with van der Waals surface area (Å²) < 4.78 is 16.4. The fraction of sp³-hybridized carbons (Fsp3) is 0.407. The number of nitrogens with one attached hydrogen (secondary N) is 2. The molecule has 194 valence electrons. The Morgan fingerprint density at radius 1 is 1.14 bits per heavy atom. The van der Waals surface area contributed by atoms with Crippen LogP contribution in [0.15, 0.2) is 48.7 Å². The van der Waals surface area contributed by atoms with Gasteiger partial charge in [0.2, 0.25) is 12.7 Å². The predicted molar refractivity (Wildman–Crippen MR) is 143 cm³/mol. The number of anilines is 1. The van der Waals surface area contributed by atoms with Crippen molar-refractivity contribution < 1.29 is 19.0 Å². The first kappa shape index (κ1) is 24.6. The number of rotatable bonds is 9. The molecule has 2 aliphatic heterocycles. The Labute approximate surface area is 224 Å². The fourth-order valence-electron chi connectivity index (χ4n) is 4.93. The van der Waals surface area contributed by atoms with E-state index in [1.807, 2.05) is 48.7 Å². The number of hydrogen-bond donors (Lipinski definition) is 2. The summed E-state index contributed by atoms with van der Waals surface area (Å²) in [4.78, 5) is 21.3. The second kappa shape index (κ2) is 10.6. The lowest BCUT2D eigenvalue weighted by Gasteiger charge is -2.27. The van der Waals surface area contributed by atoms with Gasteiger partial charge in [0, 0.05) is 42.3 Å². The molecule has 1 unspecified atom stereocenters. The first-order chi connectivity index (χ1) is 18.1. The zero-order valence-electron chi connectivity index (χ0n) is 20.4. The summed E-state index contributed by atoms with van der Waals surface area (Å²) in [6.45, 7) is 5.38. The Bertz CT molecular complexity index is 1270. The molecule has 3 aromatic rings. The van der Waals surface area contributed by atoms with Crippen molar-refractivity contribution in [3.63, 3.8) is 0 Å². The second-order valence-electron chi connectivity index (χ2n) is 9.53. The summed E-state index contributed by atoms with van der Waals surface area (Å²) in [6, 6.07) is 13.5. The summed E-state index contributed by atoms with van der Waals surface area (Å²) in [5.74, 6) is 1.37. The van der Waals surface area contributed by atoms with Crippen LogP contribution in [-0.2, 0) is 14.9 Å². The molecule has 3 aliphatic rings. The Morgan fingerprint density at radius 3 is 2.76 bits per heavy atom. The summed E-state index contributed by atoms with van der Waals surface area (Å²) in [6.07, 6.45) is 3.42. The lowest BCUT2D eigenvalue weighted by molar-refractivity contribution is -0.118. The van der Waals surface area contributed by atoms with Crippen LogP contribution in [0.2, 0.25) is 5.02 Å². The van der Waals surface area contributed by atoms with Gasteiger partial charge >= 0.3 is 0 Å². The van der Waals surface area contributed by atoms with Crippen LogP contribution < -0.4 is 20.1 Å². The molecule has 10 heteroatoms. The number of aromatic nitrogens is 1. The smallest absolute Gasteiger partial charge is 0.236 e. The van der Waals surface area contributed by atoms with Gasteiger partial charge in [-0.05, 0) is 42.2 Å². The van der Waals surface area contributed by atoms with Crippen LogP contribution in [0.4, 0.5) is 5.13 Å². The summed E-state index contributed by atoms with van der Waals surface area (Å²) >= 11 is 8.07. The SMILES string of the molecule is O=C(Nc1ncc(C(NCCN2CCOCC2)c2ccccc2Cl)s1)C1(c2ccc3c(c2)OCO3)CC1. The molecule has 3 heterocycles. The number of ether oxygens (including phenoxy) is 3. The van der Waals surface area contributed by atoms with Crippen molar-refractivity contribution in [3.8, 4) is 11.5 Å². The largest absolute Gasteiger partial charge is 0.454 e. The zero-order chi connectivity index (χ0) is 25.2. The predicted octanol–water partition coefficient (Wildman–Crippen LogP) is 4.21. The van der Waals surface area contributed by atoms with Crippen LogP contribution in [0.5, 0.6) is 11.5 Å². The molecule has 1 saturated carbocycles. The number of thiazole rings is 1. The van der Waals surface area contributed by atoms with E-state index in [1.54, 1.807) is 0 Å². The van der Waals surface area contributed by atoms with E-state index in [4.69, 9.17) is 25.8 Å². The fourth-order valence-corrected chi connectivity index (χ4v) is 6.08. The number of fused-ring (bicyclic) bond motifs is 1. The lowest BCUT2D eigenvalue weighted by Crippen LogP contribution is -2.41. The van der Waals surface area contributed by atoms with E-state index in [1.165, 1.54) is 11.3 Å². The highest BCUT2D eigenvalue weighted by Gasteiger charge is 2.52. The molecule has 1 amide bonds. The van der Waals surface area contributed by atoms with Crippen LogP contribution in [0, 0.1) is 0 Å². The summed E-state index contributed by atoms with van der Waals surface area (Å²) in [5, 5.41) is 8.02. The maximum absolute atomic E-state index is 13.4. The molecule has 1 aliphatic carbocycles. The monoisotopic (exact) mass is 540 g/mol. The molecule has 0 bridgehead atoms. The van der Waals surface area contributed by atoms with Gasteiger partial charge in [0.25, 0.3) is 0 Å². The molecule has 2 aromatic carbocycles. The third kappa shape index (κ3) is 5.19. The summed E-state index contributed by atoms with van der Waals surface area (Å²) in [5.41, 5.74) is 1.39. The molecular weight excluding hydrogens is 512 g/mol. The van der Waals surface area contributed by atoms with E-state index < -0.39 is 5.41 Å². The van der Waals surface area contributed by atoms with Crippen molar-refractivity contribution in [2.75, 3.05) is 51.5 Å². The maximum atomic E-state index is 13.4. The van der Waals surface area contributed by atoms with Crippen molar-refractivity contribution in [2.45, 2.75) is 24.3 Å². The van der Waals surface area contributed by atoms with E-state index >= 15 is 0 Å². The number of morpholine rings is 1. The Morgan fingerprint density at radius 2 is 1.95 bits per heavy atom. The first-order valence-electron chi connectivity index (χ1n) is 12.6. The number of carbonyl (C=O) groups is 1. The van der Waals surface area contributed by atoms with Crippen molar-refractivity contribution in [2.24, 2.45) is 0 Å². The van der Waals surface area contributed by atoms with Crippen molar-refractivity contribution >= 4 is 34.0 Å². The van der Waals surface area contributed by atoms with E-state index in [2.05, 4.69) is 20.5 Å². The highest BCUT2D eigenvalue weighted by Crippen LogP contribution is 2.51. The molecule has 6 rings (SSSR count). The highest BCUT2D eigenvalue weighted by atomic mass is 35.5. The topological polar surface area (TPSA) is 85.0 Å². The molecule has 8 nitrogen and oxygen atoms in total. The van der Waals surface area contributed by atoms with Crippen LogP contribution in [0.25, 0.3) is 0 Å². The van der Waals surface area contributed by atoms with Gasteiger partial charge in [-0.3, -0.25) is 9.69 Å². The molecule has 0 radical (unpaired) electrons. The minimum absolute atomic E-state index is 0.0400. The molecule has 1 atom stereocenters. The first-order valence-corrected chi connectivity index (χ1v) is 13.8. The molecular formula is C27H29ClN4O4S. The molecule has 2 fully saturated rings. The van der Waals surface area contributed by atoms with E-state index in [0.29, 0.717) is 15.9 Å². The second-order valence-corrected chi connectivity index (χ2v) is 11.0. The van der Waals surface area contributed by atoms with Gasteiger partial charge in [-0.15, -0.1) is 0 Å². The van der Waals surface area contributed by atoms with Gasteiger partial charge in [-0.2, -0.15) is 0 Å². The van der Waals surface area contributed by atoms with E-state index in [9.17, 15) is 4.79 Å². The zero-order valence-corrected chi connectivity index (χ0v) is 21.9. The van der Waals surface area contributed by atoms with Crippen molar-refractivity contribution in [1.82, 2.24) is 15.2 Å². The normalized spacial score (nSPS) is 18.9. The third-order valence-electron chi connectivity index (χ3n) is 7.23. The standard InChI is InChI=1S/C27H29ClN4O4S/c28-20-4-2-1-3-19(20)24(29-9-10-32-11-13-34-14-12-32)23-16-30-26(37-23)31-25(33)27(7-8-27)18-5-6-21-22(15-18)36-17-35-21/h1-6,15-16,24,29H,7-14,17H2,(H,30,31,33). The van der Waals surface area contributed by atoms with E-state index in [0.717, 1.165) is 74.0 Å². The molecule has 37 heavy (non-hydrogen) atoms. The van der Waals surface area contributed by atoms with Gasteiger partial charge in [0.15, 0.2) is 16.6 Å².